The standard InChI is InChI=1S/C13H22N2O3/c1-6-13(4,17-5)12-14-11(18-15-12)8-10(16)7-9(2)3/h9H,6-8H2,1-5H3. The zero-order chi connectivity index (χ0) is 13.8. The summed E-state index contributed by atoms with van der Waals surface area (Å²) < 4.78 is 10.5. The van der Waals surface area contributed by atoms with Gasteiger partial charge in [-0.2, -0.15) is 4.98 Å². The average molecular weight is 254 g/mol. The Hall–Kier alpha value is -1.23. The van der Waals surface area contributed by atoms with Crippen LogP contribution in [-0.2, 0) is 21.6 Å². The molecule has 0 saturated heterocycles. The highest BCUT2D eigenvalue weighted by Gasteiger charge is 2.30. The lowest BCUT2D eigenvalue weighted by atomic mass is 10.0. The second-order valence-electron chi connectivity index (χ2n) is 5.11. The van der Waals surface area contributed by atoms with Gasteiger partial charge in [-0.1, -0.05) is 25.9 Å². The summed E-state index contributed by atoms with van der Waals surface area (Å²) in [6.45, 7) is 7.91. The number of ether oxygens (including phenoxy) is 1. The number of Topliss-reactive ketones (excluding diaryl/α,β-unsaturated/α-hetero) is 1. The molecule has 0 aromatic carbocycles. The van der Waals surface area contributed by atoms with Crippen LogP contribution in [0.2, 0.25) is 0 Å². The molecule has 0 bridgehead atoms. The Balaban J connectivity index is 2.72. The van der Waals surface area contributed by atoms with E-state index in [4.69, 9.17) is 9.26 Å². The summed E-state index contributed by atoms with van der Waals surface area (Å²) in [5.74, 6) is 1.34. The molecule has 5 heteroatoms. The van der Waals surface area contributed by atoms with Gasteiger partial charge in [0, 0.05) is 13.5 Å². The van der Waals surface area contributed by atoms with Crippen molar-refractivity contribution < 1.29 is 14.1 Å². The zero-order valence-electron chi connectivity index (χ0n) is 11.8. The first-order valence-corrected chi connectivity index (χ1v) is 6.31. The number of hydrogen-bond acceptors (Lipinski definition) is 5. The maximum Gasteiger partial charge on any atom is 0.234 e. The lowest BCUT2D eigenvalue weighted by molar-refractivity contribution is -0.119. The fraction of sp³-hybridized carbons (Fsp3) is 0.769. The number of hydrogen-bond donors (Lipinski definition) is 0. The van der Waals surface area contributed by atoms with Gasteiger partial charge in [-0.15, -0.1) is 0 Å². The minimum atomic E-state index is -0.553. The van der Waals surface area contributed by atoms with Crippen molar-refractivity contribution in [2.24, 2.45) is 5.92 Å². The summed E-state index contributed by atoms with van der Waals surface area (Å²) >= 11 is 0. The quantitative estimate of drug-likeness (QED) is 0.748. The van der Waals surface area contributed by atoms with Crippen molar-refractivity contribution in [2.75, 3.05) is 7.11 Å². The SMILES string of the molecule is CCC(C)(OC)c1noc(CC(=O)CC(C)C)n1. The predicted molar refractivity (Wildman–Crippen MR) is 67.1 cm³/mol. The first-order chi connectivity index (χ1) is 8.41. The number of carbonyl (C=O) groups excluding carboxylic acids is 1. The molecular formula is C13H22N2O3. The van der Waals surface area contributed by atoms with E-state index in [9.17, 15) is 4.79 Å². The molecule has 1 heterocycles. The highest BCUT2D eigenvalue weighted by molar-refractivity contribution is 5.80. The molecule has 0 N–H and O–H groups in total. The molecule has 0 aliphatic carbocycles. The number of aromatic nitrogens is 2. The average Bonchev–Trinajstić information content (AvgIpc) is 2.75. The predicted octanol–water partition coefficient (Wildman–Crippen LogP) is 2.50. The summed E-state index contributed by atoms with van der Waals surface area (Å²) in [5, 5.41) is 3.90. The largest absolute Gasteiger partial charge is 0.370 e. The third-order valence-corrected chi connectivity index (χ3v) is 3.05. The monoisotopic (exact) mass is 254 g/mol. The van der Waals surface area contributed by atoms with Crippen LogP contribution in [-0.4, -0.2) is 23.0 Å². The number of rotatable bonds is 7. The topological polar surface area (TPSA) is 65.2 Å². The third-order valence-electron chi connectivity index (χ3n) is 3.05. The van der Waals surface area contributed by atoms with E-state index in [0.717, 1.165) is 6.42 Å². The van der Waals surface area contributed by atoms with Gasteiger partial charge < -0.3 is 9.26 Å². The van der Waals surface area contributed by atoms with Gasteiger partial charge in [-0.3, -0.25) is 4.79 Å². The second kappa shape index (κ2) is 6.09. The molecule has 5 nitrogen and oxygen atoms in total. The van der Waals surface area contributed by atoms with Crippen LogP contribution in [0.25, 0.3) is 0 Å². The minimum Gasteiger partial charge on any atom is -0.370 e. The van der Waals surface area contributed by atoms with Crippen LogP contribution in [0.15, 0.2) is 4.52 Å². The molecular weight excluding hydrogens is 232 g/mol. The van der Waals surface area contributed by atoms with E-state index < -0.39 is 5.60 Å². The molecule has 0 aliphatic rings. The minimum absolute atomic E-state index is 0.121. The maximum atomic E-state index is 11.7. The molecule has 0 aliphatic heterocycles. The van der Waals surface area contributed by atoms with E-state index in [-0.39, 0.29) is 12.2 Å². The first kappa shape index (κ1) is 14.8. The molecule has 1 aromatic heterocycles. The summed E-state index contributed by atoms with van der Waals surface area (Å²) in [6, 6.07) is 0. The summed E-state index contributed by atoms with van der Waals surface area (Å²) in [5.41, 5.74) is -0.553. The van der Waals surface area contributed by atoms with Gasteiger partial charge in [0.2, 0.25) is 11.7 Å². The van der Waals surface area contributed by atoms with Gasteiger partial charge in [0.25, 0.3) is 0 Å². The molecule has 1 rings (SSSR count). The van der Waals surface area contributed by atoms with Crippen molar-refractivity contribution >= 4 is 5.78 Å². The van der Waals surface area contributed by atoms with Crippen molar-refractivity contribution in [1.82, 2.24) is 10.1 Å². The fourth-order valence-corrected chi connectivity index (χ4v) is 1.63. The molecule has 0 fully saturated rings. The smallest absolute Gasteiger partial charge is 0.234 e. The van der Waals surface area contributed by atoms with E-state index in [1.165, 1.54) is 0 Å². The molecule has 1 atom stereocenters. The van der Waals surface area contributed by atoms with Crippen LogP contribution in [0.4, 0.5) is 0 Å². The first-order valence-electron chi connectivity index (χ1n) is 6.31. The van der Waals surface area contributed by atoms with Gasteiger partial charge in [0.15, 0.2) is 0 Å². The van der Waals surface area contributed by atoms with Crippen LogP contribution in [0.1, 0.15) is 52.3 Å². The van der Waals surface area contributed by atoms with Crippen LogP contribution in [0.5, 0.6) is 0 Å². The highest BCUT2D eigenvalue weighted by Crippen LogP contribution is 2.25. The van der Waals surface area contributed by atoms with Crippen LogP contribution >= 0.6 is 0 Å². The Bertz CT molecular complexity index is 395. The summed E-state index contributed by atoms with van der Waals surface area (Å²) in [6.07, 6.45) is 1.48. The van der Waals surface area contributed by atoms with E-state index in [1.54, 1.807) is 7.11 Å². The van der Waals surface area contributed by atoms with Gasteiger partial charge in [0.05, 0.1) is 6.42 Å². The van der Waals surface area contributed by atoms with Gasteiger partial charge in [-0.25, -0.2) is 0 Å². The number of methoxy groups -OCH3 is 1. The van der Waals surface area contributed by atoms with Crippen molar-refractivity contribution in [2.45, 2.75) is 52.6 Å². The summed E-state index contributed by atoms with van der Waals surface area (Å²) in [4.78, 5) is 15.9. The zero-order valence-corrected chi connectivity index (χ0v) is 11.8. The van der Waals surface area contributed by atoms with Crippen molar-refractivity contribution in [1.29, 1.82) is 0 Å². The van der Waals surface area contributed by atoms with E-state index in [1.807, 2.05) is 27.7 Å². The van der Waals surface area contributed by atoms with Crippen LogP contribution in [0, 0.1) is 5.92 Å². The molecule has 0 spiro atoms. The highest BCUT2D eigenvalue weighted by atomic mass is 16.5. The van der Waals surface area contributed by atoms with Crippen LogP contribution < -0.4 is 0 Å². The lowest BCUT2D eigenvalue weighted by Gasteiger charge is -2.21. The third kappa shape index (κ3) is 3.63. The Morgan fingerprint density at radius 2 is 2.17 bits per heavy atom. The molecule has 18 heavy (non-hydrogen) atoms. The van der Waals surface area contributed by atoms with E-state index in [0.29, 0.717) is 24.1 Å². The number of nitrogens with zero attached hydrogens (tertiary/aromatic N) is 2. The maximum absolute atomic E-state index is 11.7. The van der Waals surface area contributed by atoms with Crippen molar-refractivity contribution in [3.8, 4) is 0 Å². The Kier molecular flexibility index (Phi) is 5.02. The lowest BCUT2D eigenvalue weighted by Crippen LogP contribution is -2.24. The van der Waals surface area contributed by atoms with E-state index in [2.05, 4.69) is 10.1 Å². The Morgan fingerprint density at radius 3 is 2.67 bits per heavy atom. The van der Waals surface area contributed by atoms with Crippen molar-refractivity contribution in [3.05, 3.63) is 11.7 Å². The molecule has 0 amide bonds. The second-order valence-corrected chi connectivity index (χ2v) is 5.11. The van der Waals surface area contributed by atoms with Gasteiger partial charge in [-0.05, 0) is 19.3 Å². The van der Waals surface area contributed by atoms with E-state index >= 15 is 0 Å². The number of carbonyl (C=O) groups is 1. The molecule has 1 aromatic rings. The summed E-state index contributed by atoms with van der Waals surface area (Å²) in [7, 11) is 1.61. The molecule has 1 unspecified atom stereocenters. The normalized spacial score (nSPS) is 14.8. The van der Waals surface area contributed by atoms with Gasteiger partial charge >= 0.3 is 0 Å². The number of ketones is 1. The van der Waals surface area contributed by atoms with Crippen molar-refractivity contribution in [3.63, 3.8) is 0 Å². The van der Waals surface area contributed by atoms with Gasteiger partial charge in [0.1, 0.15) is 11.4 Å². The fourth-order valence-electron chi connectivity index (χ4n) is 1.63. The molecule has 0 saturated carbocycles. The Morgan fingerprint density at radius 1 is 1.50 bits per heavy atom. The molecule has 102 valence electrons. The Labute approximate surface area is 108 Å². The van der Waals surface area contributed by atoms with Crippen LogP contribution in [0.3, 0.4) is 0 Å². The molecule has 0 radical (unpaired) electrons.